The molecule has 0 aliphatic carbocycles. The summed E-state index contributed by atoms with van der Waals surface area (Å²) in [5, 5.41) is 0. The summed E-state index contributed by atoms with van der Waals surface area (Å²) in [5.41, 5.74) is 2.18. The Morgan fingerprint density at radius 2 is 2.23 bits per heavy atom. The Balaban J connectivity index is 2.74. The minimum Gasteiger partial charge on any atom is -0.466 e. The number of methoxy groups -OCH3 is 1. The van der Waals surface area contributed by atoms with Crippen LogP contribution in [0.4, 0.5) is 0 Å². The van der Waals surface area contributed by atoms with E-state index in [1.165, 1.54) is 18.7 Å². The van der Waals surface area contributed by atoms with Crippen molar-refractivity contribution in [1.29, 1.82) is 0 Å². The van der Waals surface area contributed by atoms with Crippen LogP contribution in [0.25, 0.3) is 6.08 Å². The first-order valence-corrected chi connectivity index (χ1v) is 4.05. The average Bonchev–Trinajstić information content (AvgIpc) is 2.14. The first kappa shape index (κ1) is 9.52. The van der Waals surface area contributed by atoms with Gasteiger partial charge >= 0.3 is 5.97 Å². The van der Waals surface area contributed by atoms with Crippen molar-refractivity contribution in [3.05, 3.63) is 41.5 Å². The topological polar surface area (TPSA) is 26.3 Å². The van der Waals surface area contributed by atoms with E-state index < -0.39 is 0 Å². The summed E-state index contributed by atoms with van der Waals surface area (Å²) in [6, 6.07) is 7.90. The highest BCUT2D eigenvalue weighted by Gasteiger charge is 1.91. The lowest BCUT2D eigenvalue weighted by Crippen LogP contribution is -1.93. The molecule has 13 heavy (non-hydrogen) atoms. The van der Waals surface area contributed by atoms with Crippen LogP contribution in [0.3, 0.4) is 0 Å². The molecule has 0 fully saturated rings. The molecule has 0 aliphatic rings. The van der Waals surface area contributed by atoms with E-state index in [0.717, 1.165) is 5.56 Å². The zero-order chi connectivity index (χ0) is 9.68. The summed E-state index contributed by atoms with van der Waals surface area (Å²) >= 11 is 0. The predicted octanol–water partition coefficient (Wildman–Crippen LogP) is 2.18. The van der Waals surface area contributed by atoms with Crippen molar-refractivity contribution in [2.75, 3.05) is 7.11 Å². The van der Waals surface area contributed by atoms with Gasteiger partial charge in [0.25, 0.3) is 0 Å². The van der Waals surface area contributed by atoms with Crippen LogP contribution in [0.5, 0.6) is 0 Å². The molecule has 1 aromatic carbocycles. The van der Waals surface area contributed by atoms with E-state index in [1.54, 1.807) is 6.08 Å². The van der Waals surface area contributed by atoms with Crippen molar-refractivity contribution in [2.45, 2.75) is 6.92 Å². The third-order valence-corrected chi connectivity index (χ3v) is 1.66. The fraction of sp³-hybridized carbons (Fsp3) is 0.182. The van der Waals surface area contributed by atoms with E-state index in [-0.39, 0.29) is 5.97 Å². The average molecular weight is 176 g/mol. The second kappa shape index (κ2) is 4.45. The van der Waals surface area contributed by atoms with Crippen LogP contribution in [0.2, 0.25) is 0 Å². The first-order valence-electron chi connectivity index (χ1n) is 4.05. The fourth-order valence-electron chi connectivity index (χ4n) is 1.01. The molecule has 1 aromatic rings. The predicted molar refractivity (Wildman–Crippen MR) is 52.2 cm³/mol. The van der Waals surface area contributed by atoms with Gasteiger partial charge in [-0.15, -0.1) is 0 Å². The Labute approximate surface area is 77.8 Å². The molecule has 0 amide bonds. The smallest absolute Gasteiger partial charge is 0.330 e. The van der Waals surface area contributed by atoms with E-state index in [1.807, 2.05) is 31.2 Å². The number of ether oxygens (including phenoxy) is 1. The Morgan fingerprint density at radius 1 is 1.46 bits per heavy atom. The van der Waals surface area contributed by atoms with Gasteiger partial charge < -0.3 is 4.74 Å². The van der Waals surface area contributed by atoms with Gasteiger partial charge in [-0.2, -0.15) is 0 Å². The Morgan fingerprint density at radius 3 is 2.85 bits per heavy atom. The second-order valence-electron chi connectivity index (χ2n) is 2.77. The highest BCUT2D eigenvalue weighted by atomic mass is 16.5. The van der Waals surface area contributed by atoms with E-state index >= 15 is 0 Å². The third kappa shape index (κ3) is 3.11. The van der Waals surface area contributed by atoms with Crippen LogP contribution in [0.1, 0.15) is 11.1 Å². The maximum atomic E-state index is 10.8. The van der Waals surface area contributed by atoms with Gasteiger partial charge in [0, 0.05) is 6.08 Å². The lowest BCUT2D eigenvalue weighted by Gasteiger charge is -1.94. The van der Waals surface area contributed by atoms with Crippen LogP contribution in [-0.2, 0) is 9.53 Å². The number of aryl methyl sites for hydroxylation is 1. The van der Waals surface area contributed by atoms with Gasteiger partial charge in [0.2, 0.25) is 0 Å². The standard InChI is InChI=1S/C11H12O2/c1-9-4-3-5-10(8-9)6-7-11(12)13-2/h3-8H,1-2H3/b7-6-. The van der Waals surface area contributed by atoms with E-state index in [2.05, 4.69) is 4.74 Å². The number of hydrogen-bond donors (Lipinski definition) is 0. The van der Waals surface area contributed by atoms with Gasteiger partial charge in [-0.25, -0.2) is 4.79 Å². The Bertz CT molecular complexity index is 327. The Hall–Kier alpha value is -1.57. The van der Waals surface area contributed by atoms with E-state index in [0.29, 0.717) is 0 Å². The first-order chi connectivity index (χ1) is 6.22. The number of carbonyl (C=O) groups is 1. The van der Waals surface area contributed by atoms with Crippen molar-refractivity contribution in [1.82, 2.24) is 0 Å². The summed E-state index contributed by atoms with van der Waals surface area (Å²) in [6.45, 7) is 2.01. The minimum absolute atomic E-state index is 0.332. The van der Waals surface area contributed by atoms with Gasteiger partial charge in [0.05, 0.1) is 7.11 Å². The SMILES string of the molecule is COC(=O)/C=C\c1cccc(C)c1. The number of carbonyl (C=O) groups excluding carboxylic acids is 1. The maximum Gasteiger partial charge on any atom is 0.330 e. The van der Waals surface area contributed by atoms with Crippen LogP contribution < -0.4 is 0 Å². The largest absolute Gasteiger partial charge is 0.466 e. The quantitative estimate of drug-likeness (QED) is 0.510. The number of rotatable bonds is 2. The normalized spacial score (nSPS) is 10.3. The molecule has 0 saturated heterocycles. The molecule has 0 aromatic heterocycles. The van der Waals surface area contributed by atoms with Crippen LogP contribution in [0, 0.1) is 6.92 Å². The summed E-state index contributed by atoms with van der Waals surface area (Å²) in [5.74, 6) is -0.332. The molecular formula is C11H12O2. The summed E-state index contributed by atoms with van der Waals surface area (Å²) in [6.07, 6.45) is 3.15. The molecule has 0 saturated carbocycles. The van der Waals surface area contributed by atoms with Crippen LogP contribution in [-0.4, -0.2) is 13.1 Å². The second-order valence-corrected chi connectivity index (χ2v) is 2.77. The highest BCUT2D eigenvalue weighted by molar-refractivity contribution is 5.86. The molecular weight excluding hydrogens is 164 g/mol. The molecule has 0 spiro atoms. The minimum atomic E-state index is -0.332. The van der Waals surface area contributed by atoms with Gasteiger partial charge in [-0.3, -0.25) is 0 Å². The van der Waals surface area contributed by atoms with Crippen molar-refractivity contribution < 1.29 is 9.53 Å². The van der Waals surface area contributed by atoms with Gasteiger partial charge in [0.15, 0.2) is 0 Å². The van der Waals surface area contributed by atoms with Gasteiger partial charge in [-0.05, 0) is 18.6 Å². The third-order valence-electron chi connectivity index (χ3n) is 1.66. The van der Waals surface area contributed by atoms with Crippen molar-refractivity contribution in [3.8, 4) is 0 Å². The summed E-state index contributed by atoms with van der Waals surface area (Å²) in [7, 11) is 1.36. The molecule has 0 unspecified atom stereocenters. The van der Waals surface area contributed by atoms with Crippen LogP contribution >= 0.6 is 0 Å². The molecule has 0 bridgehead atoms. The number of esters is 1. The summed E-state index contributed by atoms with van der Waals surface area (Å²) < 4.78 is 4.48. The van der Waals surface area contributed by atoms with Crippen LogP contribution in [0.15, 0.2) is 30.3 Å². The molecule has 0 radical (unpaired) electrons. The molecule has 0 N–H and O–H groups in total. The molecule has 0 heterocycles. The molecule has 68 valence electrons. The molecule has 2 heteroatoms. The number of hydrogen-bond acceptors (Lipinski definition) is 2. The Kier molecular flexibility index (Phi) is 3.26. The molecule has 1 rings (SSSR count). The summed E-state index contributed by atoms with van der Waals surface area (Å²) in [4.78, 5) is 10.8. The monoisotopic (exact) mass is 176 g/mol. The molecule has 2 nitrogen and oxygen atoms in total. The fourth-order valence-corrected chi connectivity index (χ4v) is 1.01. The van der Waals surface area contributed by atoms with Gasteiger partial charge in [0.1, 0.15) is 0 Å². The van der Waals surface area contributed by atoms with Crippen molar-refractivity contribution in [2.24, 2.45) is 0 Å². The lowest BCUT2D eigenvalue weighted by atomic mass is 10.1. The van der Waals surface area contributed by atoms with Gasteiger partial charge in [-0.1, -0.05) is 29.8 Å². The molecule has 0 atom stereocenters. The lowest BCUT2D eigenvalue weighted by molar-refractivity contribution is -0.134. The zero-order valence-electron chi connectivity index (χ0n) is 7.78. The number of benzene rings is 1. The molecule has 0 aliphatic heterocycles. The highest BCUT2D eigenvalue weighted by Crippen LogP contribution is 2.05. The van der Waals surface area contributed by atoms with Crippen molar-refractivity contribution >= 4 is 12.0 Å². The van der Waals surface area contributed by atoms with Crippen molar-refractivity contribution in [3.63, 3.8) is 0 Å². The maximum absolute atomic E-state index is 10.8. The van der Waals surface area contributed by atoms with E-state index in [4.69, 9.17) is 0 Å². The zero-order valence-corrected chi connectivity index (χ0v) is 7.78. The van der Waals surface area contributed by atoms with E-state index in [9.17, 15) is 4.79 Å².